The first-order valence-corrected chi connectivity index (χ1v) is 6.24. The molecule has 0 spiro atoms. The highest BCUT2D eigenvalue weighted by molar-refractivity contribution is 7.10. The Morgan fingerprint density at radius 1 is 1.50 bits per heavy atom. The monoisotopic (exact) mass is 209 g/mol. The van der Waals surface area contributed by atoms with Gasteiger partial charge in [-0.2, -0.15) is 0 Å². The van der Waals surface area contributed by atoms with Gasteiger partial charge in [0.2, 0.25) is 0 Å². The summed E-state index contributed by atoms with van der Waals surface area (Å²) in [6.45, 7) is 2.06. The summed E-state index contributed by atoms with van der Waals surface area (Å²) in [6.07, 6.45) is 3.99. The van der Waals surface area contributed by atoms with Gasteiger partial charge in [0, 0.05) is 17.3 Å². The first-order chi connectivity index (χ1) is 6.95. The molecule has 2 aliphatic rings. The Kier molecular flexibility index (Phi) is 2.32. The summed E-state index contributed by atoms with van der Waals surface area (Å²) in [7, 11) is 0. The van der Waals surface area contributed by atoms with Crippen molar-refractivity contribution in [3.05, 3.63) is 21.9 Å². The third-order valence-corrected chi connectivity index (χ3v) is 4.17. The second-order valence-electron chi connectivity index (χ2n) is 4.04. The van der Waals surface area contributed by atoms with Crippen molar-refractivity contribution in [1.29, 1.82) is 0 Å². The molecule has 2 atom stereocenters. The van der Waals surface area contributed by atoms with Crippen LogP contribution in [0.25, 0.3) is 0 Å². The van der Waals surface area contributed by atoms with Crippen LogP contribution in [0.4, 0.5) is 0 Å². The molecule has 0 saturated carbocycles. The van der Waals surface area contributed by atoms with Gasteiger partial charge in [0.15, 0.2) is 0 Å². The maximum atomic E-state index is 5.89. The molecule has 0 unspecified atom stereocenters. The molecule has 1 aromatic heterocycles. The van der Waals surface area contributed by atoms with Crippen molar-refractivity contribution in [2.45, 2.75) is 31.4 Å². The maximum Gasteiger partial charge on any atom is 0.0988 e. The van der Waals surface area contributed by atoms with Crippen molar-refractivity contribution in [3.63, 3.8) is 0 Å². The lowest BCUT2D eigenvalue weighted by atomic mass is 9.99. The predicted octanol–water partition coefficient (Wildman–Crippen LogP) is 2.11. The zero-order chi connectivity index (χ0) is 9.38. The number of fused-ring (bicyclic) bond motifs is 1. The summed E-state index contributed by atoms with van der Waals surface area (Å²) >= 11 is 1.88. The third-order valence-electron chi connectivity index (χ3n) is 3.18. The molecule has 0 aromatic carbocycles. The van der Waals surface area contributed by atoms with Crippen molar-refractivity contribution in [2.24, 2.45) is 0 Å². The second-order valence-corrected chi connectivity index (χ2v) is 5.04. The van der Waals surface area contributed by atoms with Gasteiger partial charge >= 0.3 is 0 Å². The van der Waals surface area contributed by atoms with E-state index in [1.807, 2.05) is 11.3 Å². The van der Waals surface area contributed by atoms with Crippen molar-refractivity contribution >= 4 is 11.3 Å². The molecule has 2 aliphatic heterocycles. The van der Waals surface area contributed by atoms with Crippen LogP contribution in [0, 0.1) is 0 Å². The van der Waals surface area contributed by atoms with Gasteiger partial charge in [-0.05, 0) is 36.4 Å². The lowest BCUT2D eigenvalue weighted by Crippen LogP contribution is -2.33. The van der Waals surface area contributed by atoms with Crippen LogP contribution >= 0.6 is 11.3 Å². The minimum Gasteiger partial charge on any atom is -0.371 e. The van der Waals surface area contributed by atoms with E-state index in [-0.39, 0.29) is 0 Å². The highest BCUT2D eigenvalue weighted by Gasteiger charge is 2.31. The van der Waals surface area contributed by atoms with Gasteiger partial charge in [0.25, 0.3) is 0 Å². The van der Waals surface area contributed by atoms with Gasteiger partial charge in [0.05, 0.1) is 12.7 Å². The van der Waals surface area contributed by atoms with Crippen LogP contribution in [0.5, 0.6) is 0 Å². The largest absolute Gasteiger partial charge is 0.371 e. The van der Waals surface area contributed by atoms with Crippen molar-refractivity contribution in [2.75, 3.05) is 13.2 Å². The van der Waals surface area contributed by atoms with E-state index in [9.17, 15) is 0 Å². The maximum absolute atomic E-state index is 5.89. The number of ether oxygens (including phenoxy) is 1. The van der Waals surface area contributed by atoms with Crippen LogP contribution < -0.4 is 5.32 Å². The number of nitrogens with one attached hydrogen (secondary N) is 1. The molecule has 3 rings (SSSR count). The minimum atomic E-state index is 0.326. The fourth-order valence-corrected chi connectivity index (χ4v) is 3.38. The van der Waals surface area contributed by atoms with E-state index >= 15 is 0 Å². The molecule has 1 saturated heterocycles. The molecule has 0 radical (unpaired) electrons. The van der Waals surface area contributed by atoms with Crippen LogP contribution in [0.2, 0.25) is 0 Å². The summed E-state index contributed by atoms with van der Waals surface area (Å²) in [6, 6.07) is 2.80. The second kappa shape index (κ2) is 3.65. The van der Waals surface area contributed by atoms with Gasteiger partial charge in [-0.15, -0.1) is 11.3 Å². The van der Waals surface area contributed by atoms with E-state index in [2.05, 4.69) is 16.8 Å². The summed E-state index contributed by atoms with van der Waals surface area (Å²) in [5.74, 6) is 0. The Morgan fingerprint density at radius 2 is 2.50 bits per heavy atom. The lowest BCUT2D eigenvalue weighted by molar-refractivity contribution is 0.0211. The van der Waals surface area contributed by atoms with Crippen molar-refractivity contribution in [1.82, 2.24) is 5.32 Å². The molecular weight excluding hydrogens is 194 g/mol. The summed E-state index contributed by atoms with van der Waals surface area (Å²) in [4.78, 5) is 1.54. The number of hydrogen-bond acceptors (Lipinski definition) is 3. The zero-order valence-corrected chi connectivity index (χ0v) is 8.98. The van der Waals surface area contributed by atoms with Crippen molar-refractivity contribution in [3.8, 4) is 0 Å². The van der Waals surface area contributed by atoms with E-state index in [0.29, 0.717) is 12.1 Å². The minimum absolute atomic E-state index is 0.326. The van der Waals surface area contributed by atoms with E-state index in [0.717, 1.165) is 19.6 Å². The van der Waals surface area contributed by atoms with Crippen LogP contribution in [0.3, 0.4) is 0 Å². The summed E-state index contributed by atoms with van der Waals surface area (Å²) in [5, 5.41) is 5.73. The molecule has 3 heteroatoms. The first kappa shape index (κ1) is 8.89. The fourth-order valence-electron chi connectivity index (χ4n) is 2.48. The summed E-state index contributed by atoms with van der Waals surface area (Å²) < 4.78 is 5.89. The molecule has 76 valence electrons. The Bertz CT molecular complexity index is 317. The van der Waals surface area contributed by atoms with E-state index in [1.165, 1.54) is 23.3 Å². The third kappa shape index (κ3) is 1.40. The average Bonchev–Trinajstić information content (AvgIpc) is 2.88. The van der Waals surface area contributed by atoms with Gasteiger partial charge in [0.1, 0.15) is 0 Å². The Hall–Kier alpha value is -0.380. The smallest absolute Gasteiger partial charge is 0.0988 e. The molecule has 0 bridgehead atoms. The molecule has 14 heavy (non-hydrogen) atoms. The normalized spacial score (nSPS) is 31.7. The van der Waals surface area contributed by atoms with E-state index in [1.54, 1.807) is 0 Å². The summed E-state index contributed by atoms with van der Waals surface area (Å²) in [5.41, 5.74) is 1.45. The number of thiophene rings is 1. The topological polar surface area (TPSA) is 21.3 Å². The fraction of sp³-hybridized carbons (Fsp3) is 0.636. The highest BCUT2D eigenvalue weighted by atomic mass is 32.1. The molecule has 0 amide bonds. The SMILES string of the molecule is c1cc2c(s1)CCO[C@@H]2[C@H]1CCCN1. The average molecular weight is 209 g/mol. The van der Waals surface area contributed by atoms with Gasteiger partial charge < -0.3 is 10.1 Å². The standard InChI is InChI=1S/C11H15NOS/c1-2-9(12-5-1)11-8-4-7-14-10(8)3-6-13-11/h4,7,9,11-12H,1-3,5-6H2/t9-,11+/m1/s1. The molecule has 1 N–H and O–H groups in total. The molecule has 2 nitrogen and oxygen atoms in total. The Morgan fingerprint density at radius 3 is 3.36 bits per heavy atom. The van der Waals surface area contributed by atoms with Crippen LogP contribution in [-0.2, 0) is 11.2 Å². The number of hydrogen-bond donors (Lipinski definition) is 1. The van der Waals surface area contributed by atoms with Crippen LogP contribution in [-0.4, -0.2) is 19.2 Å². The zero-order valence-electron chi connectivity index (χ0n) is 8.16. The Balaban J connectivity index is 1.88. The quantitative estimate of drug-likeness (QED) is 0.765. The molecular formula is C11H15NOS. The predicted molar refractivity (Wildman–Crippen MR) is 57.7 cm³/mol. The number of rotatable bonds is 1. The lowest BCUT2D eigenvalue weighted by Gasteiger charge is -2.28. The van der Waals surface area contributed by atoms with Gasteiger partial charge in [-0.3, -0.25) is 0 Å². The molecule has 3 heterocycles. The van der Waals surface area contributed by atoms with Crippen molar-refractivity contribution < 1.29 is 4.74 Å². The highest BCUT2D eigenvalue weighted by Crippen LogP contribution is 2.35. The van der Waals surface area contributed by atoms with Crippen LogP contribution in [0.15, 0.2) is 11.4 Å². The van der Waals surface area contributed by atoms with E-state index < -0.39 is 0 Å². The van der Waals surface area contributed by atoms with Gasteiger partial charge in [-0.1, -0.05) is 0 Å². The van der Waals surface area contributed by atoms with Crippen LogP contribution in [0.1, 0.15) is 29.4 Å². The molecule has 1 aromatic rings. The van der Waals surface area contributed by atoms with E-state index in [4.69, 9.17) is 4.74 Å². The Labute approximate surface area is 88.3 Å². The first-order valence-electron chi connectivity index (χ1n) is 5.36. The molecule has 0 aliphatic carbocycles. The van der Waals surface area contributed by atoms with Gasteiger partial charge in [-0.25, -0.2) is 0 Å². The molecule has 1 fully saturated rings.